The van der Waals surface area contributed by atoms with Gasteiger partial charge in [0.05, 0.1) is 26.4 Å². The van der Waals surface area contributed by atoms with Gasteiger partial charge >= 0.3 is 8.56 Å². The average Bonchev–Trinajstić information content (AvgIpc) is 2.38. The second-order valence-electron chi connectivity index (χ2n) is 5.43. The Morgan fingerprint density at radius 2 is 1.42 bits per heavy atom. The molecule has 0 aliphatic carbocycles. The minimum atomic E-state index is -2.04. The van der Waals surface area contributed by atoms with Crippen LogP contribution in [-0.2, 0) is 13.6 Å². The molecule has 0 saturated carbocycles. The van der Waals surface area contributed by atoms with Gasteiger partial charge in [-0.3, -0.25) is 0 Å². The number of rotatable bonds is 8. The van der Waals surface area contributed by atoms with Gasteiger partial charge in [-0.2, -0.15) is 0 Å². The van der Waals surface area contributed by atoms with Crippen molar-refractivity contribution >= 4 is 8.56 Å². The Morgan fingerprint density at radius 1 is 0.895 bits per heavy atom. The van der Waals surface area contributed by atoms with Crippen molar-refractivity contribution in [2.75, 3.05) is 45.7 Å². The van der Waals surface area contributed by atoms with E-state index < -0.39 is 8.56 Å². The predicted molar refractivity (Wildman–Crippen MR) is 80.6 cm³/mol. The first-order chi connectivity index (χ1) is 9.20. The Kier molecular flexibility index (Phi) is 8.90. The fraction of sp³-hybridized carbons (Fsp3) is 1.00. The fourth-order valence-corrected chi connectivity index (χ4v) is 4.73. The highest BCUT2D eigenvalue weighted by atomic mass is 28.4. The van der Waals surface area contributed by atoms with Crippen LogP contribution in [0.3, 0.4) is 0 Å². The van der Waals surface area contributed by atoms with Gasteiger partial charge in [0, 0.05) is 6.17 Å². The molecule has 0 N–H and O–H groups in total. The van der Waals surface area contributed by atoms with E-state index in [4.69, 9.17) is 13.6 Å². The smallest absolute Gasteiger partial charge is 0.349 e. The highest BCUT2D eigenvalue weighted by molar-refractivity contribution is 6.66. The summed E-state index contributed by atoms with van der Waals surface area (Å²) in [6.07, 6.45) is 6.01. The topological polar surface area (TPSA) is 30.9 Å². The van der Waals surface area contributed by atoms with Crippen molar-refractivity contribution in [1.29, 1.82) is 0 Å². The predicted octanol–water partition coefficient (Wildman–Crippen LogP) is 2.56. The van der Waals surface area contributed by atoms with E-state index >= 15 is 0 Å². The summed E-state index contributed by atoms with van der Waals surface area (Å²) >= 11 is 0. The number of ether oxygens (including phenoxy) is 1. The summed E-state index contributed by atoms with van der Waals surface area (Å²) in [5.41, 5.74) is 0. The highest BCUT2D eigenvalue weighted by Gasteiger charge is 2.34. The summed E-state index contributed by atoms with van der Waals surface area (Å²) < 4.78 is 17.4. The highest BCUT2D eigenvalue weighted by Crippen LogP contribution is 2.13. The maximum absolute atomic E-state index is 6.01. The van der Waals surface area contributed by atoms with Crippen LogP contribution in [0.4, 0.5) is 0 Å². The number of hydrogen-bond acceptors (Lipinski definition) is 4. The molecule has 5 heteroatoms. The van der Waals surface area contributed by atoms with Crippen molar-refractivity contribution in [1.82, 2.24) is 4.90 Å². The molecular weight excluding hydrogens is 258 g/mol. The van der Waals surface area contributed by atoms with Crippen molar-refractivity contribution in [3.05, 3.63) is 0 Å². The zero-order chi connectivity index (χ0) is 14.0. The fourth-order valence-electron chi connectivity index (χ4n) is 2.31. The monoisotopic (exact) mass is 289 g/mol. The standard InChI is InChI=1S/C14H31NO3Si/c1-4-6-8-15(9-7-5-2)14-19(3)17-12-10-16-11-13-18-19/h4-14H2,1-3H3. The molecule has 0 aromatic carbocycles. The molecule has 1 rings (SSSR count). The van der Waals surface area contributed by atoms with Crippen molar-refractivity contribution in [2.45, 2.75) is 46.1 Å². The molecule has 4 nitrogen and oxygen atoms in total. The molecule has 0 aromatic rings. The summed E-state index contributed by atoms with van der Waals surface area (Å²) in [7, 11) is -2.04. The van der Waals surface area contributed by atoms with E-state index in [1.165, 1.54) is 38.8 Å². The molecule has 1 aliphatic rings. The zero-order valence-corrected chi connectivity index (χ0v) is 14.0. The van der Waals surface area contributed by atoms with Crippen LogP contribution in [0, 0.1) is 0 Å². The van der Waals surface area contributed by atoms with Crippen LogP contribution in [0.5, 0.6) is 0 Å². The molecule has 0 bridgehead atoms. The number of hydrogen-bond donors (Lipinski definition) is 0. The van der Waals surface area contributed by atoms with Crippen LogP contribution in [0.1, 0.15) is 39.5 Å². The first-order valence-electron chi connectivity index (χ1n) is 7.78. The number of nitrogens with zero attached hydrogens (tertiary/aromatic N) is 1. The van der Waals surface area contributed by atoms with Gasteiger partial charge in [0.2, 0.25) is 0 Å². The molecule has 0 aromatic heterocycles. The summed E-state index contributed by atoms with van der Waals surface area (Å²) in [5, 5.41) is 0. The second kappa shape index (κ2) is 9.88. The van der Waals surface area contributed by atoms with Gasteiger partial charge in [-0.05, 0) is 32.5 Å². The van der Waals surface area contributed by atoms with Gasteiger partial charge < -0.3 is 18.5 Å². The maximum Gasteiger partial charge on any atom is 0.349 e. The minimum Gasteiger partial charge on any atom is -0.391 e. The molecule has 0 unspecified atom stereocenters. The van der Waals surface area contributed by atoms with Gasteiger partial charge in [0.15, 0.2) is 0 Å². The third-order valence-corrected chi connectivity index (χ3v) is 6.09. The SMILES string of the molecule is CCCCN(CCCC)C[Si]1(C)OCCOCCO1. The Labute approximate surface area is 119 Å². The zero-order valence-electron chi connectivity index (χ0n) is 13.0. The lowest BCUT2D eigenvalue weighted by atomic mass is 10.3. The first kappa shape index (κ1) is 17.1. The van der Waals surface area contributed by atoms with Gasteiger partial charge in [-0.1, -0.05) is 26.7 Å². The normalized spacial score (nSPS) is 20.2. The largest absolute Gasteiger partial charge is 0.391 e. The molecule has 19 heavy (non-hydrogen) atoms. The Hall–Kier alpha value is 0.0569. The third-order valence-electron chi connectivity index (χ3n) is 3.44. The van der Waals surface area contributed by atoms with Gasteiger partial charge in [-0.25, -0.2) is 0 Å². The summed E-state index contributed by atoms with van der Waals surface area (Å²) in [6, 6.07) is 0. The summed E-state index contributed by atoms with van der Waals surface area (Å²) in [4.78, 5) is 2.54. The molecule has 1 heterocycles. The summed E-state index contributed by atoms with van der Waals surface area (Å²) in [5.74, 6) is 0. The summed E-state index contributed by atoms with van der Waals surface area (Å²) in [6.45, 7) is 11.8. The van der Waals surface area contributed by atoms with Crippen molar-refractivity contribution in [2.24, 2.45) is 0 Å². The third kappa shape index (κ3) is 7.42. The van der Waals surface area contributed by atoms with E-state index in [1.54, 1.807) is 0 Å². The van der Waals surface area contributed by atoms with Crippen LogP contribution in [0.25, 0.3) is 0 Å². The van der Waals surface area contributed by atoms with Crippen molar-refractivity contribution < 1.29 is 13.6 Å². The lowest BCUT2D eigenvalue weighted by Crippen LogP contribution is -2.52. The molecule has 0 atom stereocenters. The molecule has 114 valence electrons. The van der Waals surface area contributed by atoms with Crippen LogP contribution in [-0.4, -0.2) is 59.1 Å². The molecule has 0 radical (unpaired) electrons. The quantitative estimate of drug-likeness (QED) is 0.643. The second-order valence-corrected chi connectivity index (χ2v) is 8.59. The van der Waals surface area contributed by atoms with E-state index in [0.717, 1.165) is 6.17 Å². The van der Waals surface area contributed by atoms with Crippen LogP contribution >= 0.6 is 0 Å². The van der Waals surface area contributed by atoms with Gasteiger partial charge in [0.1, 0.15) is 0 Å². The van der Waals surface area contributed by atoms with Crippen molar-refractivity contribution in [3.63, 3.8) is 0 Å². The van der Waals surface area contributed by atoms with Crippen LogP contribution < -0.4 is 0 Å². The molecule has 1 fully saturated rings. The molecular formula is C14H31NO3Si. The lowest BCUT2D eigenvalue weighted by molar-refractivity contribution is 0.0223. The van der Waals surface area contributed by atoms with E-state index in [-0.39, 0.29) is 0 Å². The number of unbranched alkanes of at least 4 members (excludes halogenated alkanes) is 2. The van der Waals surface area contributed by atoms with E-state index in [9.17, 15) is 0 Å². The molecule has 0 amide bonds. The Balaban J connectivity index is 2.47. The Morgan fingerprint density at radius 3 is 1.89 bits per heavy atom. The molecule has 0 spiro atoms. The molecule has 1 aliphatic heterocycles. The van der Waals surface area contributed by atoms with Crippen molar-refractivity contribution in [3.8, 4) is 0 Å². The molecule has 1 saturated heterocycles. The average molecular weight is 289 g/mol. The van der Waals surface area contributed by atoms with E-state index in [0.29, 0.717) is 26.4 Å². The van der Waals surface area contributed by atoms with E-state index in [1.807, 2.05) is 0 Å². The maximum atomic E-state index is 6.01. The Bertz CT molecular complexity index is 213. The van der Waals surface area contributed by atoms with Gasteiger partial charge in [-0.15, -0.1) is 0 Å². The van der Waals surface area contributed by atoms with E-state index in [2.05, 4.69) is 25.3 Å². The first-order valence-corrected chi connectivity index (χ1v) is 10.3. The van der Waals surface area contributed by atoms with Crippen LogP contribution in [0.2, 0.25) is 6.55 Å². The minimum absolute atomic E-state index is 0.679. The van der Waals surface area contributed by atoms with Gasteiger partial charge in [0.25, 0.3) is 0 Å². The van der Waals surface area contributed by atoms with Crippen LogP contribution in [0.15, 0.2) is 0 Å². The lowest BCUT2D eigenvalue weighted by Gasteiger charge is -2.34.